The van der Waals surface area contributed by atoms with Crippen LogP contribution in [0, 0.1) is 11.3 Å². The molecule has 0 aliphatic rings. The zero-order valence-corrected chi connectivity index (χ0v) is 15.3. The second kappa shape index (κ2) is 8.32. The molecule has 0 fully saturated rings. The summed E-state index contributed by atoms with van der Waals surface area (Å²) in [6.07, 6.45) is 3.40. The van der Waals surface area contributed by atoms with Gasteiger partial charge in [-0.15, -0.1) is 0 Å². The zero-order valence-electron chi connectivity index (χ0n) is 13.7. The van der Waals surface area contributed by atoms with Crippen molar-refractivity contribution in [1.82, 2.24) is 9.99 Å². The largest absolute Gasteiger partial charge is 0.484 e. The molecule has 1 heterocycles. The molecule has 0 radical (unpaired) electrons. The number of aromatic nitrogens is 1. The Morgan fingerprint density at radius 2 is 2.04 bits per heavy atom. The van der Waals surface area contributed by atoms with Crippen molar-refractivity contribution in [2.45, 2.75) is 6.54 Å². The Kier molecular flexibility index (Phi) is 5.66. The number of hydrogen-bond donors (Lipinski definition) is 1. The molecule has 26 heavy (non-hydrogen) atoms. The maximum Gasteiger partial charge on any atom is 0.277 e. The summed E-state index contributed by atoms with van der Waals surface area (Å²) in [7, 11) is 0. The molecule has 130 valence electrons. The van der Waals surface area contributed by atoms with Gasteiger partial charge in [-0.1, -0.05) is 34.1 Å². The van der Waals surface area contributed by atoms with Gasteiger partial charge < -0.3 is 9.30 Å². The summed E-state index contributed by atoms with van der Waals surface area (Å²) < 4.78 is 8.17. The number of nitrogens with zero attached hydrogens (tertiary/aromatic N) is 3. The predicted molar refractivity (Wildman–Crippen MR) is 103 cm³/mol. The predicted octanol–water partition coefficient (Wildman–Crippen LogP) is 3.46. The first-order chi connectivity index (χ1) is 12.7. The van der Waals surface area contributed by atoms with Gasteiger partial charge in [-0.25, -0.2) is 5.43 Å². The van der Waals surface area contributed by atoms with Crippen molar-refractivity contribution < 1.29 is 9.53 Å². The standard InChI is InChI=1S/C19H15BrN4O2/c20-15-5-7-16(8-6-15)26-13-19(25)23-22-11-14-12-24(10-9-21)18-4-2-1-3-17(14)18/h1-8,11-12H,10,13H2,(H,23,25)/b22-11-. The summed E-state index contributed by atoms with van der Waals surface area (Å²) >= 11 is 3.34. The molecule has 2 aromatic carbocycles. The van der Waals surface area contributed by atoms with Gasteiger partial charge in [-0.2, -0.15) is 10.4 Å². The van der Waals surface area contributed by atoms with Crippen LogP contribution in [-0.4, -0.2) is 23.3 Å². The molecule has 0 atom stereocenters. The summed E-state index contributed by atoms with van der Waals surface area (Å²) in [5, 5.41) is 13.9. The van der Waals surface area contributed by atoms with E-state index < -0.39 is 0 Å². The number of carbonyl (C=O) groups excluding carboxylic acids is 1. The summed E-state index contributed by atoms with van der Waals surface area (Å²) in [6.45, 7) is 0.122. The van der Waals surface area contributed by atoms with E-state index in [4.69, 9.17) is 10.00 Å². The molecule has 3 aromatic rings. The van der Waals surface area contributed by atoms with Gasteiger partial charge in [0.05, 0.1) is 12.3 Å². The number of amides is 1. The van der Waals surface area contributed by atoms with E-state index in [1.165, 1.54) is 0 Å². The maximum absolute atomic E-state index is 11.8. The Labute approximate surface area is 158 Å². The van der Waals surface area contributed by atoms with E-state index in [0.717, 1.165) is 20.9 Å². The maximum atomic E-state index is 11.8. The number of para-hydroxylation sites is 1. The number of rotatable bonds is 6. The van der Waals surface area contributed by atoms with Crippen molar-refractivity contribution in [1.29, 1.82) is 5.26 Å². The smallest absolute Gasteiger partial charge is 0.277 e. The Bertz CT molecular complexity index is 987. The number of fused-ring (bicyclic) bond motifs is 1. The fraction of sp³-hybridized carbons (Fsp3) is 0.105. The molecule has 0 bridgehead atoms. The first kappa shape index (κ1) is 17.7. The molecule has 3 rings (SSSR count). The number of nitriles is 1. The van der Waals surface area contributed by atoms with Crippen LogP contribution >= 0.6 is 15.9 Å². The monoisotopic (exact) mass is 410 g/mol. The fourth-order valence-electron chi connectivity index (χ4n) is 2.47. The van der Waals surface area contributed by atoms with E-state index in [9.17, 15) is 4.79 Å². The fourth-order valence-corrected chi connectivity index (χ4v) is 2.74. The molecule has 0 saturated heterocycles. The van der Waals surface area contributed by atoms with Crippen molar-refractivity contribution >= 4 is 39.0 Å². The highest BCUT2D eigenvalue weighted by Gasteiger charge is 2.06. The van der Waals surface area contributed by atoms with Crippen LogP contribution in [0.3, 0.4) is 0 Å². The Balaban J connectivity index is 1.61. The minimum Gasteiger partial charge on any atom is -0.484 e. The first-order valence-corrected chi connectivity index (χ1v) is 8.62. The van der Waals surface area contributed by atoms with Crippen LogP contribution in [0.25, 0.3) is 10.9 Å². The van der Waals surface area contributed by atoms with Gasteiger partial charge in [-0.3, -0.25) is 4.79 Å². The SMILES string of the molecule is N#CCn1cc(/C=N\NC(=O)COc2ccc(Br)cc2)c2ccccc21. The van der Waals surface area contributed by atoms with Crippen molar-refractivity contribution in [3.8, 4) is 11.8 Å². The minimum absolute atomic E-state index is 0.130. The van der Waals surface area contributed by atoms with Crippen LogP contribution in [0.4, 0.5) is 0 Å². The lowest BCUT2D eigenvalue weighted by molar-refractivity contribution is -0.123. The molecule has 1 N–H and O–H groups in total. The Hall–Kier alpha value is -3.11. The molecule has 7 heteroatoms. The number of ether oxygens (including phenoxy) is 1. The zero-order chi connectivity index (χ0) is 18.4. The molecule has 0 unspecified atom stereocenters. The molecular weight excluding hydrogens is 396 g/mol. The van der Waals surface area contributed by atoms with Crippen LogP contribution in [0.2, 0.25) is 0 Å². The van der Waals surface area contributed by atoms with Crippen LogP contribution in [0.5, 0.6) is 5.75 Å². The quantitative estimate of drug-likeness (QED) is 0.499. The number of hydrogen-bond acceptors (Lipinski definition) is 4. The van der Waals surface area contributed by atoms with E-state index >= 15 is 0 Å². The highest BCUT2D eigenvalue weighted by molar-refractivity contribution is 9.10. The Morgan fingerprint density at radius 3 is 2.81 bits per heavy atom. The average molecular weight is 411 g/mol. The third kappa shape index (κ3) is 4.29. The van der Waals surface area contributed by atoms with Crippen LogP contribution < -0.4 is 10.2 Å². The minimum atomic E-state index is -0.357. The van der Waals surface area contributed by atoms with Crippen LogP contribution in [-0.2, 0) is 11.3 Å². The first-order valence-electron chi connectivity index (χ1n) is 7.82. The highest BCUT2D eigenvalue weighted by Crippen LogP contribution is 2.19. The molecule has 1 amide bonds. The summed E-state index contributed by atoms with van der Waals surface area (Å²) in [5.74, 6) is 0.247. The lowest BCUT2D eigenvalue weighted by Gasteiger charge is -2.04. The van der Waals surface area contributed by atoms with E-state index in [0.29, 0.717) is 5.75 Å². The second-order valence-corrected chi connectivity index (χ2v) is 6.34. The Morgan fingerprint density at radius 1 is 1.27 bits per heavy atom. The van der Waals surface area contributed by atoms with Crippen LogP contribution in [0.1, 0.15) is 5.56 Å². The molecular formula is C19H15BrN4O2. The number of benzene rings is 2. The average Bonchev–Trinajstić information content (AvgIpc) is 3.00. The molecule has 0 aliphatic heterocycles. The van der Waals surface area contributed by atoms with Gasteiger partial charge in [0.2, 0.25) is 0 Å². The van der Waals surface area contributed by atoms with E-state index in [1.807, 2.05) is 47.2 Å². The normalized spacial score (nSPS) is 10.8. The second-order valence-electron chi connectivity index (χ2n) is 5.42. The van der Waals surface area contributed by atoms with Crippen molar-refractivity contribution in [3.63, 3.8) is 0 Å². The number of carbonyl (C=O) groups is 1. The van der Waals surface area contributed by atoms with E-state index in [1.54, 1.807) is 18.3 Å². The van der Waals surface area contributed by atoms with Crippen LogP contribution in [0.15, 0.2) is 64.3 Å². The molecule has 1 aromatic heterocycles. The molecule has 0 spiro atoms. The van der Waals surface area contributed by atoms with Crippen molar-refractivity contribution in [2.75, 3.05) is 6.61 Å². The number of halogens is 1. The van der Waals surface area contributed by atoms with Gasteiger partial charge >= 0.3 is 0 Å². The van der Waals surface area contributed by atoms with Gasteiger partial charge in [0, 0.05) is 27.1 Å². The number of hydrazone groups is 1. The van der Waals surface area contributed by atoms with Crippen molar-refractivity contribution in [2.24, 2.45) is 5.10 Å². The third-order valence-corrected chi connectivity index (χ3v) is 4.17. The molecule has 6 nitrogen and oxygen atoms in total. The molecule has 0 aliphatic carbocycles. The third-order valence-electron chi connectivity index (χ3n) is 3.64. The van der Waals surface area contributed by atoms with Gasteiger partial charge in [0.1, 0.15) is 12.3 Å². The summed E-state index contributed by atoms with van der Waals surface area (Å²) in [4.78, 5) is 11.8. The van der Waals surface area contributed by atoms with Crippen molar-refractivity contribution in [3.05, 3.63) is 64.8 Å². The van der Waals surface area contributed by atoms with Gasteiger partial charge in [0.15, 0.2) is 6.61 Å². The van der Waals surface area contributed by atoms with E-state index in [2.05, 4.69) is 32.5 Å². The van der Waals surface area contributed by atoms with E-state index in [-0.39, 0.29) is 19.1 Å². The molecule has 0 saturated carbocycles. The number of nitrogens with one attached hydrogen (secondary N) is 1. The lowest BCUT2D eigenvalue weighted by atomic mass is 10.2. The topological polar surface area (TPSA) is 79.4 Å². The van der Waals surface area contributed by atoms with Gasteiger partial charge in [0.25, 0.3) is 5.91 Å². The lowest BCUT2D eigenvalue weighted by Crippen LogP contribution is -2.24. The summed E-state index contributed by atoms with van der Waals surface area (Å²) in [5.41, 5.74) is 4.21. The summed E-state index contributed by atoms with van der Waals surface area (Å²) in [6, 6.07) is 17.1. The highest BCUT2D eigenvalue weighted by atomic mass is 79.9. The van der Waals surface area contributed by atoms with Gasteiger partial charge in [-0.05, 0) is 30.3 Å².